The van der Waals surface area contributed by atoms with Crippen LogP contribution in [0.2, 0.25) is 0 Å². The molecule has 9 heteroatoms. The molecular formula is C26H23N3O6. The smallest absolute Gasteiger partial charge is 0.357 e. The molecule has 1 atom stereocenters. The summed E-state index contributed by atoms with van der Waals surface area (Å²) in [7, 11) is 3.27. The Bertz CT molecular complexity index is 1420. The minimum Gasteiger partial charge on any atom is -0.493 e. The molecule has 1 spiro atoms. The Kier molecular flexibility index (Phi) is 4.84. The van der Waals surface area contributed by atoms with E-state index in [9.17, 15) is 20.2 Å². The third-order valence-electron chi connectivity index (χ3n) is 7.09. The van der Waals surface area contributed by atoms with E-state index in [1.165, 1.54) is 7.11 Å². The summed E-state index contributed by atoms with van der Waals surface area (Å²) in [5.74, 6) is 0.158. The predicted molar refractivity (Wildman–Crippen MR) is 132 cm³/mol. The van der Waals surface area contributed by atoms with Crippen LogP contribution in [0, 0.1) is 20.2 Å². The van der Waals surface area contributed by atoms with Crippen molar-refractivity contribution in [3.05, 3.63) is 92.0 Å². The quantitative estimate of drug-likeness (QED) is 0.353. The Morgan fingerprint density at radius 1 is 1.00 bits per heavy atom. The molecule has 0 saturated heterocycles. The van der Waals surface area contributed by atoms with Gasteiger partial charge in [0.05, 0.1) is 34.1 Å². The highest BCUT2D eigenvalue weighted by molar-refractivity contribution is 5.87. The zero-order valence-corrected chi connectivity index (χ0v) is 19.6. The first-order valence-corrected chi connectivity index (χ1v) is 11.0. The molecule has 0 bridgehead atoms. The van der Waals surface area contributed by atoms with Gasteiger partial charge in [0.25, 0.3) is 0 Å². The highest BCUT2D eigenvalue weighted by atomic mass is 16.6. The summed E-state index contributed by atoms with van der Waals surface area (Å²) in [4.78, 5) is 23.9. The molecule has 2 heterocycles. The Morgan fingerprint density at radius 3 is 2.34 bits per heavy atom. The molecule has 2 aliphatic heterocycles. The molecule has 35 heavy (non-hydrogen) atoms. The van der Waals surface area contributed by atoms with Crippen molar-refractivity contribution in [2.24, 2.45) is 0 Å². The zero-order chi connectivity index (χ0) is 25.1. The van der Waals surface area contributed by atoms with E-state index in [1.807, 2.05) is 62.2 Å². The molecule has 3 aromatic rings. The molecule has 0 aromatic heterocycles. The maximum Gasteiger partial charge on any atom is 0.357 e. The van der Waals surface area contributed by atoms with E-state index in [0.717, 1.165) is 28.4 Å². The summed E-state index contributed by atoms with van der Waals surface area (Å²) in [5.41, 5.74) is 1.17. The maximum absolute atomic E-state index is 11.8. The van der Waals surface area contributed by atoms with E-state index in [-0.39, 0.29) is 17.1 Å². The summed E-state index contributed by atoms with van der Waals surface area (Å²) in [6.07, 6.45) is 3.29. The van der Waals surface area contributed by atoms with Gasteiger partial charge in [-0.05, 0) is 37.1 Å². The second-order valence-electron chi connectivity index (χ2n) is 9.09. The molecule has 0 N–H and O–H groups in total. The third kappa shape index (κ3) is 2.94. The molecule has 3 aromatic carbocycles. The lowest BCUT2D eigenvalue weighted by Crippen LogP contribution is -2.58. The second-order valence-corrected chi connectivity index (χ2v) is 9.09. The van der Waals surface area contributed by atoms with Crippen LogP contribution in [-0.4, -0.2) is 29.7 Å². The van der Waals surface area contributed by atoms with Crippen LogP contribution < -0.4 is 14.4 Å². The zero-order valence-electron chi connectivity index (χ0n) is 19.6. The number of likely N-dealkylation sites (N-methyl/N-ethyl adjacent to an activating group) is 1. The first-order valence-electron chi connectivity index (χ1n) is 11.0. The second kappa shape index (κ2) is 7.56. The van der Waals surface area contributed by atoms with Gasteiger partial charge in [0.1, 0.15) is 5.56 Å². The molecular weight excluding hydrogens is 450 g/mol. The molecule has 0 radical (unpaired) electrons. The molecule has 1 unspecified atom stereocenters. The van der Waals surface area contributed by atoms with E-state index in [4.69, 9.17) is 9.47 Å². The van der Waals surface area contributed by atoms with Gasteiger partial charge < -0.3 is 14.4 Å². The number of ether oxygens (including phenoxy) is 2. The van der Waals surface area contributed by atoms with Crippen molar-refractivity contribution >= 4 is 23.1 Å². The van der Waals surface area contributed by atoms with Crippen molar-refractivity contribution in [1.29, 1.82) is 0 Å². The number of benzene rings is 3. The van der Waals surface area contributed by atoms with Crippen LogP contribution in [0.25, 0.3) is 17.2 Å². The molecule has 0 amide bonds. The molecule has 5 rings (SSSR count). The Labute approximate surface area is 201 Å². The number of anilines is 1. The number of methoxy groups -OCH3 is 1. The summed E-state index contributed by atoms with van der Waals surface area (Å²) < 4.78 is 12.0. The number of rotatable bonds is 4. The minimum atomic E-state index is -1.06. The molecule has 0 saturated carbocycles. The van der Waals surface area contributed by atoms with Crippen molar-refractivity contribution in [1.82, 2.24) is 0 Å². The number of hydrogen-bond acceptors (Lipinski definition) is 7. The van der Waals surface area contributed by atoms with Crippen molar-refractivity contribution in [2.75, 3.05) is 19.1 Å². The molecule has 0 aliphatic carbocycles. The number of nitro groups is 2. The summed E-state index contributed by atoms with van der Waals surface area (Å²) in [6, 6.07) is 17.2. The van der Waals surface area contributed by atoms with Gasteiger partial charge in [-0.25, -0.2) is 0 Å². The monoisotopic (exact) mass is 473 g/mol. The van der Waals surface area contributed by atoms with Crippen LogP contribution in [0.1, 0.15) is 25.0 Å². The normalized spacial score (nSPS) is 19.1. The van der Waals surface area contributed by atoms with Crippen LogP contribution in [0.3, 0.4) is 0 Å². The van der Waals surface area contributed by atoms with Gasteiger partial charge in [-0.3, -0.25) is 20.2 Å². The average molecular weight is 473 g/mol. The first kappa shape index (κ1) is 22.4. The predicted octanol–water partition coefficient (Wildman–Crippen LogP) is 5.71. The fraction of sp³-hybridized carbons (Fsp3) is 0.231. The summed E-state index contributed by atoms with van der Waals surface area (Å²) in [6.45, 7) is 4.09. The standard InChI is InChI=1S/C26H23N3O6/c1-25(2)19-12-8-11-17(16-9-6-5-7-10-16)22(19)27(3)26(25)14-13-18-23(29(32)33)20(28(30)31)15-21(34-4)24(18)35-26/h5-15H,1-4H3. The lowest BCUT2D eigenvalue weighted by atomic mass is 9.76. The van der Waals surface area contributed by atoms with Crippen LogP contribution >= 0.6 is 0 Å². The molecule has 0 fully saturated rings. The largest absolute Gasteiger partial charge is 0.493 e. The highest BCUT2D eigenvalue weighted by Crippen LogP contribution is 2.59. The van der Waals surface area contributed by atoms with Crippen molar-refractivity contribution in [2.45, 2.75) is 25.0 Å². The number of fused-ring (bicyclic) bond motifs is 2. The number of para-hydroxylation sites is 1. The highest BCUT2D eigenvalue weighted by Gasteiger charge is 2.59. The fourth-order valence-electron chi connectivity index (χ4n) is 5.32. The Hall–Kier alpha value is -4.40. The van der Waals surface area contributed by atoms with E-state index in [2.05, 4.69) is 12.1 Å². The SMILES string of the molecule is COc1cc([N+](=O)[O-])c([N+](=O)[O-])c2c1OC1(C=C2)N(C)c2c(-c3ccccc3)cccc2C1(C)C. The van der Waals surface area contributed by atoms with Gasteiger partial charge in [-0.15, -0.1) is 0 Å². The lowest BCUT2D eigenvalue weighted by Gasteiger charge is -2.45. The summed E-state index contributed by atoms with van der Waals surface area (Å²) in [5, 5.41) is 23.4. The van der Waals surface area contributed by atoms with Gasteiger partial charge in [-0.1, -0.05) is 48.5 Å². The van der Waals surface area contributed by atoms with Crippen molar-refractivity contribution in [3.8, 4) is 22.6 Å². The third-order valence-corrected chi connectivity index (χ3v) is 7.09. The average Bonchev–Trinajstić information content (AvgIpc) is 3.01. The topological polar surface area (TPSA) is 108 Å². The van der Waals surface area contributed by atoms with E-state index in [1.54, 1.807) is 12.2 Å². The minimum absolute atomic E-state index is 0.00936. The van der Waals surface area contributed by atoms with Gasteiger partial charge in [0.15, 0.2) is 11.5 Å². The first-order chi connectivity index (χ1) is 16.6. The number of nitrogens with zero attached hydrogens (tertiary/aromatic N) is 3. The molecule has 9 nitrogen and oxygen atoms in total. The van der Waals surface area contributed by atoms with Gasteiger partial charge in [0.2, 0.25) is 5.72 Å². The van der Waals surface area contributed by atoms with Crippen LogP contribution in [0.5, 0.6) is 11.5 Å². The van der Waals surface area contributed by atoms with E-state index < -0.39 is 32.4 Å². The van der Waals surface area contributed by atoms with Crippen molar-refractivity contribution in [3.63, 3.8) is 0 Å². The van der Waals surface area contributed by atoms with Crippen molar-refractivity contribution < 1.29 is 19.3 Å². The summed E-state index contributed by atoms with van der Waals surface area (Å²) >= 11 is 0. The maximum atomic E-state index is 11.8. The van der Waals surface area contributed by atoms with Gasteiger partial charge in [0, 0.05) is 12.6 Å². The van der Waals surface area contributed by atoms with Gasteiger partial charge in [-0.2, -0.15) is 0 Å². The fourth-order valence-corrected chi connectivity index (χ4v) is 5.32. The van der Waals surface area contributed by atoms with Crippen LogP contribution in [0.4, 0.5) is 17.1 Å². The number of hydrogen-bond donors (Lipinski definition) is 0. The lowest BCUT2D eigenvalue weighted by molar-refractivity contribution is -0.422. The Morgan fingerprint density at radius 2 is 1.71 bits per heavy atom. The molecule has 178 valence electrons. The molecule has 2 aliphatic rings. The van der Waals surface area contributed by atoms with Crippen LogP contribution in [-0.2, 0) is 5.41 Å². The Balaban J connectivity index is 1.74. The van der Waals surface area contributed by atoms with Gasteiger partial charge >= 0.3 is 11.4 Å². The van der Waals surface area contributed by atoms with E-state index in [0.29, 0.717) is 0 Å². The number of nitro benzene ring substituents is 2. The van der Waals surface area contributed by atoms with E-state index >= 15 is 0 Å². The van der Waals surface area contributed by atoms with Crippen LogP contribution in [0.15, 0.2) is 60.7 Å².